The lowest BCUT2D eigenvalue weighted by molar-refractivity contribution is -0.125. The Balaban J connectivity index is 1.74. The number of carbonyl (C=O) groups excluding carboxylic acids is 2. The van der Waals surface area contributed by atoms with Crippen molar-refractivity contribution in [3.05, 3.63) is 34.9 Å². The zero-order valence-corrected chi connectivity index (χ0v) is 10.4. The zero-order chi connectivity index (χ0) is 13.2. The largest absolute Gasteiger partial charge is 0.338 e. The van der Waals surface area contributed by atoms with E-state index in [1.165, 1.54) is 5.56 Å². The molecule has 6 heteroatoms. The predicted molar refractivity (Wildman–Crippen MR) is 67.2 cm³/mol. The van der Waals surface area contributed by atoms with E-state index < -0.39 is 6.04 Å². The Morgan fingerprint density at radius 2 is 2.26 bits per heavy atom. The van der Waals surface area contributed by atoms with Crippen LogP contribution in [0.4, 0.5) is 0 Å². The van der Waals surface area contributed by atoms with Gasteiger partial charge in [-0.05, 0) is 36.2 Å². The van der Waals surface area contributed by atoms with Gasteiger partial charge in [0.25, 0.3) is 11.8 Å². The summed E-state index contributed by atoms with van der Waals surface area (Å²) in [6, 6.07) is 5.05. The van der Waals surface area contributed by atoms with Crippen molar-refractivity contribution in [2.75, 3.05) is 13.2 Å². The fourth-order valence-corrected chi connectivity index (χ4v) is 2.31. The highest BCUT2D eigenvalue weighted by molar-refractivity contribution is 5.98. The van der Waals surface area contributed by atoms with Crippen molar-refractivity contribution >= 4 is 11.8 Å². The lowest BCUT2D eigenvalue weighted by Crippen LogP contribution is -2.41. The number of carbonyl (C=O) groups is 2. The summed E-state index contributed by atoms with van der Waals surface area (Å²) in [7, 11) is 0. The van der Waals surface area contributed by atoms with Crippen LogP contribution in [-0.2, 0) is 22.6 Å². The highest BCUT2D eigenvalue weighted by Gasteiger charge is 2.27. The Labute approximate surface area is 110 Å². The van der Waals surface area contributed by atoms with Crippen molar-refractivity contribution in [1.82, 2.24) is 16.1 Å². The van der Waals surface area contributed by atoms with Crippen LogP contribution >= 0.6 is 0 Å². The molecule has 2 aliphatic heterocycles. The number of hydroxylamine groups is 1. The molecule has 2 heterocycles. The lowest BCUT2D eigenvalue weighted by Gasteiger charge is -2.18. The zero-order valence-electron chi connectivity index (χ0n) is 10.4. The molecule has 3 rings (SSSR count). The third-order valence-electron chi connectivity index (χ3n) is 3.40. The molecular weight excluding hydrogens is 246 g/mol. The smallest absolute Gasteiger partial charge is 0.268 e. The van der Waals surface area contributed by atoms with Gasteiger partial charge in [-0.2, -0.15) is 0 Å². The Hall–Kier alpha value is -1.92. The van der Waals surface area contributed by atoms with Gasteiger partial charge in [-0.25, -0.2) is 5.48 Å². The minimum atomic E-state index is -0.610. The van der Waals surface area contributed by atoms with Crippen molar-refractivity contribution in [2.45, 2.75) is 19.0 Å². The molecule has 1 saturated heterocycles. The van der Waals surface area contributed by atoms with E-state index in [0.717, 1.165) is 25.1 Å². The molecular formula is C13H15N3O3. The SMILES string of the molecule is O=C(N[C@@H]1CONC1=O)c1ccc2c(c1)CNCC2. The summed E-state index contributed by atoms with van der Waals surface area (Å²) >= 11 is 0. The average Bonchev–Trinajstić information content (AvgIpc) is 2.84. The van der Waals surface area contributed by atoms with E-state index in [2.05, 4.69) is 16.1 Å². The van der Waals surface area contributed by atoms with Crippen LogP contribution in [0.2, 0.25) is 0 Å². The molecule has 100 valence electrons. The van der Waals surface area contributed by atoms with Crippen LogP contribution in [0.3, 0.4) is 0 Å². The van der Waals surface area contributed by atoms with E-state index in [0.29, 0.717) is 5.56 Å². The van der Waals surface area contributed by atoms with E-state index in [1.54, 1.807) is 6.07 Å². The molecule has 1 aromatic carbocycles. The van der Waals surface area contributed by atoms with Gasteiger partial charge >= 0.3 is 0 Å². The van der Waals surface area contributed by atoms with Crippen molar-refractivity contribution < 1.29 is 14.4 Å². The minimum Gasteiger partial charge on any atom is -0.338 e. The van der Waals surface area contributed by atoms with Crippen molar-refractivity contribution in [2.24, 2.45) is 0 Å². The Bertz CT molecular complexity index is 530. The van der Waals surface area contributed by atoms with Gasteiger partial charge in [-0.1, -0.05) is 6.07 Å². The van der Waals surface area contributed by atoms with E-state index in [4.69, 9.17) is 4.84 Å². The Morgan fingerprint density at radius 1 is 1.37 bits per heavy atom. The highest BCUT2D eigenvalue weighted by Crippen LogP contribution is 2.16. The first kappa shape index (κ1) is 12.1. The number of rotatable bonds is 2. The number of nitrogens with one attached hydrogen (secondary N) is 3. The van der Waals surface area contributed by atoms with Crippen LogP contribution in [0.5, 0.6) is 0 Å². The van der Waals surface area contributed by atoms with E-state index in [1.807, 2.05) is 12.1 Å². The molecule has 0 aliphatic carbocycles. The number of hydrogen-bond acceptors (Lipinski definition) is 4. The predicted octanol–water partition coefficient (Wildman–Crippen LogP) is -0.508. The molecule has 0 bridgehead atoms. The maximum atomic E-state index is 12.1. The second-order valence-electron chi connectivity index (χ2n) is 4.71. The standard InChI is InChI=1S/C13H15N3O3/c17-12(15-11-7-19-16-13(11)18)9-2-1-8-3-4-14-6-10(8)5-9/h1-2,5,11,14H,3-4,6-7H2,(H,15,17)(H,16,18)/t11-/m1/s1. The molecule has 2 amide bonds. The van der Waals surface area contributed by atoms with Crippen molar-refractivity contribution in [1.29, 1.82) is 0 Å². The van der Waals surface area contributed by atoms with Gasteiger partial charge in [-0.15, -0.1) is 0 Å². The molecule has 3 N–H and O–H groups in total. The fourth-order valence-electron chi connectivity index (χ4n) is 2.31. The van der Waals surface area contributed by atoms with Crippen LogP contribution in [0, 0.1) is 0 Å². The van der Waals surface area contributed by atoms with E-state index in [9.17, 15) is 9.59 Å². The normalized spacial score (nSPS) is 21.7. The molecule has 19 heavy (non-hydrogen) atoms. The number of fused-ring (bicyclic) bond motifs is 1. The molecule has 0 saturated carbocycles. The van der Waals surface area contributed by atoms with Gasteiger partial charge in [0.2, 0.25) is 0 Å². The van der Waals surface area contributed by atoms with Gasteiger partial charge in [0, 0.05) is 12.1 Å². The van der Waals surface area contributed by atoms with Crippen LogP contribution in [0.25, 0.3) is 0 Å². The second kappa shape index (κ2) is 4.99. The summed E-state index contributed by atoms with van der Waals surface area (Å²) in [5.74, 6) is -0.563. The summed E-state index contributed by atoms with van der Waals surface area (Å²) in [6.07, 6.45) is 0.982. The van der Waals surface area contributed by atoms with Gasteiger partial charge < -0.3 is 10.6 Å². The first-order chi connectivity index (χ1) is 9.24. The lowest BCUT2D eigenvalue weighted by atomic mass is 9.98. The second-order valence-corrected chi connectivity index (χ2v) is 4.71. The molecule has 1 atom stereocenters. The summed E-state index contributed by atoms with van der Waals surface area (Å²) in [5, 5.41) is 5.93. The van der Waals surface area contributed by atoms with Gasteiger partial charge in [0.05, 0.1) is 0 Å². The monoisotopic (exact) mass is 261 g/mol. The Morgan fingerprint density at radius 3 is 3.05 bits per heavy atom. The quantitative estimate of drug-likeness (QED) is 0.670. The topological polar surface area (TPSA) is 79.5 Å². The van der Waals surface area contributed by atoms with E-state index in [-0.39, 0.29) is 18.4 Å². The molecule has 0 spiro atoms. The third kappa shape index (κ3) is 2.45. The van der Waals surface area contributed by atoms with E-state index >= 15 is 0 Å². The van der Waals surface area contributed by atoms with Crippen LogP contribution < -0.4 is 16.1 Å². The third-order valence-corrected chi connectivity index (χ3v) is 3.40. The molecule has 6 nitrogen and oxygen atoms in total. The summed E-state index contributed by atoms with van der Waals surface area (Å²) in [6.45, 7) is 1.92. The number of hydrogen-bond donors (Lipinski definition) is 3. The minimum absolute atomic E-state index is 0.164. The Kier molecular flexibility index (Phi) is 3.18. The van der Waals surface area contributed by atoms with Gasteiger partial charge in [0.15, 0.2) is 0 Å². The van der Waals surface area contributed by atoms with Crippen LogP contribution in [-0.4, -0.2) is 31.0 Å². The first-order valence-electron chi connectivity index (χ1n) is 6.29. The summed E-state index contributed by atoms with van der Waals surface area (Å²) in [4.78, 5) is 28.2. The number of amides is 2. The molecule has 0 unspecified atom stereocenters. The van der Waals surface area contributed by atoms with Crippen molar-refractivity contribution in [3.63, 3.8) is 0 Å². The fraction of sp³-hybridized carbons (Fsp3) is 0.385. The molecule has 1 aromatic rings. The van der Waals surface area contributed by atoms with Crippen molar-refractivity contribution in [3.8, 4) is 0 Å². The maximum Gasteiger partial charge on any atom is 0.268 e. The number of benzene rings is 1. The molecule has 0 aromatic heterocycles. The first-order valence-corrected chi connectivity index (χ1v) is 6.29. The average molecular weight is 261 g/mol. The maximum absolute atomic E-state index is 12.1. The van der Waals surface area contributed by atoms with Crippen LogP contribution in [0.15, 0.2) is 18.2 Å². The molecule has 1 fully saturated rings. The summed E-state index contributed by atoms with van der Waals surface area (Å²) in [5.41, 5.74) is 5.20. The van der Waals surface area contributed by atoms with Crippen LogP contribution in [0.1, 0.15) is 21.5 Å². The van der Waals surface area contributed by atoms with Gasteiger partial charge in [-0.3, -0.25) is 14.4 Å². The van der Waals surface area contributed by atoms with Gasteiger partial charge in [0.1, 0.15) is 12.6 Å². The highest BCUT2D eigenvalue weighted by atomic mass is 16.7. The molecule has 0 radical (unpaired) electrons. The molecule has 2 aliphatic rings. The summed E-state index contributed by atoms with van der Waals surface area (Å²) < 4.78 is 0.